The van der Waals surface area contributed by atoms with E-state index in [4.69, 9.17) is 61.5 Å². The van der Waals surface area contributed by atoms with Gasteiger partial charge in [0.1, 0.15) is 48.6 Å². The molecule has 2 aliphatic heterocycles. The van der Waals surface area contributed by atoms with Crippen LogP contribution < -0.4 is 10.3 Å². The van der Waals surface area contributed by atoms with E-state index in [-0.39, 0.29) is 29.8 Å². The van der Waals surface area contributed by atoms with Crippen LogP contribution in [0.3, 0.4) is 0 Å². The number of benzene rings is 2. The standard InChI is InChI=1S/C50H67Cl2N6O8P/c1-4-5-6-7-8-9-10-11-12-13-14-15-16-17-18-19-20-23-40(60-32-38-28-37(31-53)29-39(51)30-38)33-61-67(59,66-44-25-22-21-24-41(44)52)62-35-50(34-54)47-46(63-49(2,3)65-47)45(64-50)42-26-27-43-48(55)56-36-57-58(42)43/h21-22,24-30,36,40,45-47H,4-20,23,32-33,35H2,1-3H3,(H2,55,56,57)/t40-,45+,46+,47+,50-,67?/m1/s1. The van der Waals surface area contributed by atoms with Crippen molar-refractivity contribution < 1.29 is 37.1 Å². The van der Waals surface area contributed by atoms with Crippen LogP contribution in [0.15, 0.2) is 60.9 Å². The zero-order valence-corrected chi connectivity index (χ0v) is 41.6. The average Bonchev–Trinajstić information content (AvgIpc) is 3.98. The molecule has 6 atom stereocenters. The largest absolute Gasteiger partial charge is 0.530 e. The molecule has 2 N–H and O–H groups in total. The first-order valence-corrected chi connectivity index (χ1v) is 26.3. The molecule has 2 aromatic heterocycles. The Morgan fingerprint density at radius 1 is 0.851 bits per heavy atom. The predicted octanol–water partition coefficient (Wildman–Crippen LogP) is 13.2. The van der Waals surface area contributed by atoms with E-state index < -0.39 is 50.2 Å². The van der Waals surface area contributed by atoms with Crippen LogP contribution in [0, 0.1) is 22.7 Å². The lowest BCUT2D eigenvalue weighted by Crippen LogP contribution is -2.46. The van der Waals surface area contributed by atoms with Gasteiger partial charge in [-0.2, -0.15) is 15.6 Å². The maximum Gasteiger partial charge on any atom is 0.530 e. The van der Waals surface area contributed by atoms with Crippen LogP contribution in [0.5, 0.6) is 5.75 Å². The van der Waals surface area contributed by atoms with Crippen molar-refractivity contribution in [2.45, 2.75) is 179 Å². The molecule has 0 saturated carbocycles. The van der Waals surface area contributed by atoms with Crippen LogP contribution in [0.4, 0.5) is 5.82 Å². The van der Waals surface area contributed by atoms with Gasteiger partial charge in [0.15, 0.2) is 11.6 Å². The fourth-order valence-electron chi connectivity index (χ4n) is 8.79. The summed E-state index contributed by atoms with van der Waals surface area (Å²) in [6.45, 7) is 5.05. The van der Waals surface area contributed by atoms with Crippen molar-refractivity contribution >= 4 is 42.4 Å². The molecular formula is C50H67Cl2N6O8P. The molecule has 14 nitrogen and oxygen atoms in total. The van der Waals surface area contributed by atoms with Gasteiger partial charge in [-0.3, -0.25) is 9.05 Å². The summed E-state index contributed by atoms with van der Waals surface area (Å²) < 4.78 is 60.3. The van der Waals surface area contributed by atoms with E-state index in [1.807, 2.05) is 0 Å². The number of rotatable bonds is 30. The van der Waals surface area contributed by atoms with E-state index in [1.165, 1.54) is 89.8 Å². The second kappa shape index (κ2) is 25.7. The van der Waals surface area contributed by atoms with Gasteiger partial charge in [-0.1, -0.05) is 151 Å². The van der Waals surface area contributed by atoms with Gasteiger partial charge in [0.05, 0.1) is 41.7 Å². The number of anilines is 1. The van der Waals surface area contributed by atoms with Gasteiger partial charge in [-0.05, 0) is 68.3 Å². The number of phosphoric acid groups is 1. The van der Waals surface area contributed by atoms with Crippen molar-refractivity contribution in [3.63, 3.8) is 0 Å². The summed E-state index contributed by atoms with van der Waals surface area (Å²) >= 11 is 12.8. The lowest BCUT2D eigenvalue weighted by Gasteiger charge is -2.30. The molecule has 6 rings (SSSR count). The number of aromatic nitrogens is 3. The van der Waals surface area contributed by atoms with Crippen molar-refractivity contribution in [2.75, 3.05) is 18.9 Å². The van der Waals surface area contributed by atoms with E-state index in [1.54, 1.807) is 73.0 Å². The molecule has 0 bridgehead atoms. The van der Waals surface area contributed by atoms with Crippen molar-refractivity contribution in [3.8, 4) is 17.9 Å². The molecule has 0 radical (unpaired) electrons. The Morgan fingerprint density at radius 2 is 1.51 bits per heavy atom. The van der Waals surface area contributed by atoms with Crippen molar-refractivity contribution in [3.05, 3.63) is 87.8 Å². The number of unbranched alkanes of at least 4 members (excludes halogenated alkanes) is 16. The number of hydrogen-bond acceptors (Lipinski definition) is 13. The lowest BCUT2D eigenvalue weighted by atomic mass is 9.96. The van der Waals surface area contributed by atoms with E-state index in [0.29, 0.717) is 33.8 Å². The Bertz CT molecular complexity index is 2320. The Balaban J connectivity index is 1.09. The number of fused-ring (bicyclic) bond motifs is 2. The van der Waals surface area contributed by atoms with Crippen molar-refractivity contribution in [1.29, 1.82) is 10.5 Å². The third-order valence-electron chi connectivity index (χ3n) is 12.3. The zero-order valence-electron chi connectivity index (χ0n) is 39.2. The third-order valence-corrected chi connectivity index (χ3v) is 14.2. The summed E-state index contributed by atoms with van der Waals surface area (Å²) in [5.41, 5.74) is 6.47. The normalized spacial score (nSPS) is 21.1. The van der Waals surface area contributed by atoms with Crippen LogP contribution >= 0.6 is 31.0 Å². The average molecular weight is 982 g/mol. The lowest BCUT2D eigenvalue weighted by molar-refractivity contribution is -0.204. The van der Waals surface area contributed by atoms with E-state index in [9.17, 15) is 15.1 Å². The number of nitrogen functional groups attached to an aromatic ring is 1. The van der Waals surface area contributed by atoms with Gasteiger partial charge in [-0.15, -0.1) is 0 Å². The van der Waals surface area contributed by atoms with Gasteiger partial charge < -0.3 is 29.2 Å². The van der Waals surface area contributed by atoms with Crippen molar-refractivity contribution in [1.82, 2.24) is 14.6 Å². The van der Waals surface area contributed by atoms with Crippen LogP contribution in [0.2, 0.25) is 10.0 Å². The second-order valence-electron chi connectivity index (χ2n) is 18.1. The molecular weight excluding hydrogens is 914 g/mol. The number of nitrogens with zero attached hydrogens (tertiary/aromatic N) is 5. The number of nitriles is 2. The van der Waals surface area contributed by atoms with Gasteiger partial charge >= 0.3 is 7.82 Å². The summed E-state index contributed by atoms with van der Waals surface area (Å²) in [7, 11) is -4.62. The molecule has 0 amide bonds. The molecule has 0 spiro atoms. The summed E-state index contributed by atoms with van der Waals surface area (Å²) in [5, 5.41) is 25.4. The minimum atomic E-state index is -4.62. The number of hydrogen-bond donors (Lipinski definition) is 1. The van der Waals surface area contributed by atoms with Gasteiger partial charge in [0.2, 0.25) is 5.60 Å². The quantitative estimate of drug-likeness (QED) is 0.0385. The third kappa shape index (κ3) is 15.1. The SMILES string of the molecule is CCCCCCCCCCCCCCCCCCC[C@H](COP(=O)(OC[C@@]1(C#N)O[C@@H](c2ccc3c(N)ncnn23)[C@@H]2OC(C)(C)O[C@@H]21)Oc1ccccc1Cl)OCc1cc(Cl)cc(C#N)c1. The molecule has 364 valence electrons. The highest BCUT2D eigenvalue weighted by Crippen LogP contribution is 2.55. The first kappa shape index (κ1) is 52.6. The molecule has 1 unspecified atom stereocenters. The molecule has 4 aromatic rings. The summed E-state index contributed by atoms with van der Waals surface area (Å²) in [4.78, 5) is 4.08. The summed E-state index contributed by atoms with van der Waals surface area (Å²) in [6.07, 6.45) is 20.0. The molecule has 4 heterocycles. The molecule has 2 fully saturated rings. The van der Waals surface area contributed by atoms with Crippen LogP contribution in [0.25, 0.3) is 5.52 Å². The van der Waals surface area contributed by atoms with Gasteiger partial charge in [0.25, 0.3) is 0 Å². The fraction of sp³-hybridized carbons (Fsp3) is 0.600. The molecule has 0 aliphatic carbocycles. The van der Waals surface area contributed by atoms with Gasteiger partial charge in [-0.25, -0.2) is 14.1 Å². The number of phosphoric ester groups is 1. The summed E-state index contributed by atoms with van der Waals surface area (Å²) in [5.74, 6) is -0.798. The predicted molar refractivity (Wildman–Crippen MR) is 259 cm³/mol. The van der Waals surface area contributed by atoms with E-state index in [2.05, 4.69) is 29.1 Å². The monoisotopic (exact) mass is 980 g/mol. The Labute approximate surface area is 406 Å². The maximum absolute atomic E-state index is 14.9. The van der Waals surface area contributed by atoms with Crippen LogP contribution in [-0.2, 0) is 39.2 Å². The molecule has 2 aromatic carbocycles. The Kier molecular flexibility index (Phi) is 20.2. The summed E-state index contributed by atoms with van der Waals surface area (Å²) in [6, 6.07) is 19.4. The molecule has 67 heavy (non-hydrogen) atoms. The van der Waals surface area contributed by atoms with E-state index in [0.717, 1.165) is 25.7 Å². The van der Waals surface area contributed by atoms with Crippen LogP contribution in [-0.4, -0.2) is 57.5 Å². The van der Waals surface area contributed by atoms with Crippen molar-refractivity contribution in [2.24, 2.45) is 0 Å². The number of nitrogens with two attached hydrogens (primary N) is 1. The number of ether oxygens (including phenoxy) is 4. The highest BCUT2D eigenvalue weighted by Gasteiger charge is 2.65. The smallest absolute Gasteiger partial charge is 0.402 e. The fourth-order valence-corrected chi connectivity index (χ4v) is 10.6. The Morgan fingerprint density at radius 3 is 2.15 bits per heavy atom. The van der Waals surface area contributed by atoms with Gasteiger partial charge in [0, 0.05) is 5.02 Å². The number of para-hydroxylation sites is 1. The molecule has 2 saturated heterocycles. The van der Waals surface area contributed by atoms with Crippen LogP contribution in [0.1, 0.15) is 159 Å². The minimum Gasteiger partial charge on any atom is -0.402 e. The second-order valence-corrected chi connectivity index (χ2v) is 20.6. The molecule has 17 heteroatoms. The molecule has 2 aliphatic rings. The topological polar surface area (TPSA) is 185 Å². The first-order chi connectivity index (χ1) is 32.4. The maximum atomic E-state index is 14.9. The van der Waals surface area contributed by atoms with E-state index >= 15 is 0 Å². The first-order valence-electron chi connectivity index (χ1n) is 24.1. The highest BCUT2D eigenvalue weighted by atomic mass is 35.5. The zero-order chi connectivity index (χ0) is 47.7. The number of halogens is 2. The Hall–Kier alpha value is -3.79. The minimum absolute atomic E-state index is 0.0497. The highest BCUT2D eigenvalue weighted by molar-refractivity contribution is 7.49.